The molecule has 1 N–H and O–H groups in total. The highest BCUT2D eigenvalue weighted by Gasteiger charge is 2.34. The number of carbonyl (C=O) groups is 1. The Morgan fingerprint density at radius 1 is 1.48 bits per heavy atom. The zero-order valence-electron chi connectivity index (χ0n) is 11.4. The van der Waals surface area contributed by atoms with Crippen molar-refractivity contribution in [3.63, 3.8) is 0 Å². The number of hydrogen-bond acceptors (Lipinski definition) is 4. The molecule has 2 heterocycles. The van der Waals surface area contributed by atoms with E-state index in [-0.39, 0.29) is 17.5 Å². The highest BCUT2D eigenvalue weighted by Crippen LogP contribution is 2.31. The van der Waals surface area contributed by atoms with Crippen molar-refractivity contribution in [2.24, 2.45) is 0 Å². The molecule has 116 valence electrons. The van der Waals surface area contributed by atoms with Gasteiger partial charge in [0.1, 0.15) is 17.1 Å². The second kappa shape index (κ2) is 5.88. The minimum atomic E-state index is -4.61. The van der Waals surface area contributed by atoms with Gasteiger partial charge in [-0.25, -0.2) is 9.78 Å². The van der Waals surface area contributed by atoms with Gasteiger partial charge in [-0.05, 0) is 25.5 Å². The number of rotatable bonds is 2. The summed E-state index contributed by atoms with van der Waals surface area (Å²) in [4.78, 5) is 16.3. The molecule has 0 bridgehead atoms. The Hall–Kier alpha value is -1.83. The van der Waals surface area contributed by atoms with Crippen LogP contribution in [0.4, 0.5) is 19.0 Å². The fourth-order valence-corrected chi connectivity index (χ4v) is 2.20. The molecule has 21 heavy (non-hydrogen) atoms. The summed E-state index contributed by atoms with van der Waals surface area (Å²) in [5.74, 6) is -1.46. The first-order valence-electron chi connectivity index (χ1n) is 6.47. The Morgan fingerprint density at radius 2 is 2.19 bits per heavy atom. The van der Waals surface area contributed by atoms with Crippen LogP contribution in [-0.2, 0) is 10.9 Å². The summed E-state index contributed by atoms with van der Waals surface area (Å²) in [5.41, 5.74) is -1.34. The molecule has 0 aliphatic carbocycles. The lowest BCUT2D eigenvalue weighted by atomic mass is 10.2. The van der Waals surface area contributed by atoms with Gasteiger partial charge in [0, 0.05) is 19.7 Å². The molecule has 1 fully saturated rings. The monoisotopic (exact) mass is 304 g/mol. The Morgan fingerprint density at radius 3 is 2.81 bits per heavy atom. The fraction of sp³-hybridized carbons (Fsp3) is 0.538. The number of aromatic carboxylic acids is 1. The number of carboxylic acids is 1. The topological polar surface area (TPSA) is 62.7 Å². The van der Waals surface area contributed by atoms with Gasteiger partial charge in [0.15, 0.2) is 0 Å². The summed E-state index contributed by atoms with van der Waals surface area (Å²) >= 11 is 0. The average Bonchev–Trinajstić information content (AvgIpc) is 2.61. The van der Waals surface area contributed by atoms with Crippen molar-refractivity contribution in [2.45, 2.75) is 25.6 Å². The molecule has 0 aromatic carbocycles. The maximum Gasteiger partial charge on any atom is 0.433 e. The van der Waals surface area contributed by atoms with Crippen LogP contribution >= 0.6 is 0 Å². The van der Waals surface area contributed by atoms with Crippen LogP contribution in [0.5, 0.6) is 0 Å². The van der Waals surface area contributed by atoms with Crippen molar-refractivity contribution in [1.29, 1.82) is 0 Å². The Bertz CT molecular complexity index is 534. The van der Waals surface area contributed by atoms with E-state index in [2.05, 4.69) is 4.98 Å². The number of ether oxygens (including phenoxy) is 1. The van der Waals surface area contributed by atoms with Gasteiger partial charge in [-0.3, -0.25) is 0 Å². The van der Waals surface area contributed by atoms with Crippen molar-refractivity contribution in [3.05, 3.63) is 23.4 Å². The van der Waals surface area contributed by atoms with Gasteiger partial charge >= 0.3 is 12.1 Å². The van der Waals surface area contributed by atoms with E-state index in [4.69, 9.17) is 9.84 Å². The summed E-state index contributed by atoms with van der Waals surface area (Å²) in [6.07, 6.45) is -4.22. The van der Waals surface area contributed by atoms with Crippen molar-refractivity contribution in [1.82, 2.24) is 4.98 Å². The van der Waals surface area contributed by atoms with Crippen LogP contribution in [0.25, 0.3) is 0 Å². The standard InChI is InChI=1S/C13H15F3N2O3/c1-8-7-18(5-2-6-21-8)11-9(12(19)20)3-4-10(17-11)13(14,15)16/h3-4,8H,2,5-7H2,1H3,(H,19,20). The highest BCUT2D eigenvalue weighted by atomic mass is 19.4. The third-order valence-corrected chi connectivity index (χ3v) is 3.15. The first-order valence-corrected chi connectivity index (χ1v) is 6.47. The third kappa shape index (κ3) is 3.63. The molecule has 1 unspecified atom stereocenters. The van der Waals surface area contributed by atoms with Gasteiger partial charge in [0.25, 0.3) is 0 Å². The van der Waals surface area contributed by atoms with Crippen LogP contribution in [0.15, 0.2) is 12.1 Å². The molecular weight excluding hydrogens is 289 g/mol. The Kier molecular flexibility index (Phi) is 4.36. The van der Waals surface area contributed by atoms with Crippen LogP contribution in [0.2, 0.25) is 0 Å². The molecule has 0 saturated carbocycles. The predicted molar refractivity (Wildman–Crippen MR) is 68.4 cm³/mol. The number of hydrogen-bond donors (Lipinski definition) is 1. The van der Waals surface area contributed by atoms with Crippen LogP contribution in [-0.4, -0.2) is 41.9 Å². The van der Waals surface area contributed by atoms with Gasteiger partial charge in [-0.15, -0.1) is 0 Å². The van der Waals surface area contributed by atoms with E-state index in [1.807, 2.05) is 0 Å². The van der Waals surface area contributed by atoms with Gasteiger partial charge in [0.05, 0.1) is 6.10 Å². The van der Waals surface area contributed by atoms with Crippen molar-refractivity contribution >= 4 is 11.8 Å². The minimum Gasteiger partial charge on any atom is -0.478 e. The summed E-state index contributed by atoms with van der Waals surface area (Å²) in [6, 6.07) is 1.63. The molecule has 1 aromatic rings. The summed E-state index contributed by atoms with van der Waals surface area (Å²) < 4.78 is 43.7. The smallest absolute Gasteiger partial charge is 0.433 e. The summed E-state index contributed by atoms with van der Waals surface area (Å²) in [7, 11) is 0. The Balaban J connectivity index is 2.44. The number of anilines is 1. The van der Waals surface area contributed by atoms with Gasteiger partial charge < -0.3 is 14.7 Å². The second-order valence-electron chi connectivity index (χ2n) is 4.85. The molecule has 1 atom stereocenters. The average molecular weight is 304 g/mol. The van der Waals surface area contributed by atoms with E-state index in [0.717, 1.165) is 6.07 Å². The van der Waals surface area contributed by atoms with Gasteiger partial charge in [-0.2, -0.15) is 13.2 Å². The predicted octanol–water partition coefficient (Wildman–Crippen LogP) is 2.41. The molecule has 1 saturated heterocycles. The molecule has 0 spiro atoms. The first-order chi connectivity index (χ1) is 9.79. The number of carboxylic acid groups (broad SMARTS) is 1. The molecule has 2 rings (SSSR count). The van der Waals surface area contributed by atoms with Crippen molar-refractivity contribution in [3.8, 4) is 0 Å². The van der Waals surface area contributed by atoms with Crippen molar-refractivity contribution < 1.29 is 27.8 Å². The summed E-state index contributed by atoms with van der Waals surface area (Å²) in [6.45, 7) is 2.97. The van der Waals surface area contributed by atoms with E-state index in [1.54, 1.807) is 6.92 Å². The number of pyridine rings is 1. The molecule has 0 radical (unpaired) electrons. The summed E-state index contributed by atoms with van der Waals surface area (Å²) in [5, 5.41) is 9.15. The lowest BCUT2D eigenvalue weighted by Gasteiger charge is -2.25. The molecular formula is C13H15F3N2O3. The lowest BCUT2D eigenvalue weighted by Crippen LogP contribution is -2.32. The number of nitrogens with zero attached hydrogens (tertiary/aromatic N) is 2. The fourth-order valence-electron chi connectivity index (χ4n) is 2.20. The normalized spacial score (nSPS) is 20.2. The van der Waals surface area contributed by atoms with Gasteiger partial charge in [-0.1, -0.05) is 0 Å². The van der Waals surface area contributed by atoms with Gasteiger partial charge in [0.2, 0.25) is 0 Å². The number of alkyl halides is 3. The zero-order chi connectivity index (χ0) is 15.6. The molecule has 5 nitrogen and oxygen atoms in total. The molecule has 8 heteroatoms. The maximum atomic E-state index is 12.8. The van der Waals surface area contributed by atoms with E-state index in [9.17, 15) is 18.0 Å². The third-order valence-electron chi connectivity index (χ3n) is 3.15. The highest BCUT2D eigenvalue weighted by molar-refractivity contribution is 5.93. The minimum absolute atomic E-state index is 0.158. The largest absolute Gasteiger partial charge is 0.478 e. The van der Waals surface area contributed by atoms with Crippen LogP contribution in [0.3, 0.4) is 0 Å². The van der Waals surface area contributed by atoms with Crippen LogP contribution in [0.1, 0.15) is 29.4 Å². The van der Waals surface area contributed by atoms with Crippen LogP contribution < -0.4 is 4.90 Å². The first kappa shape index (κ1) is 15.6. The zero-order valence-corrected chi connectivity index (χ0v) is 11.4. The molecule has 1 aliphatic heterocycles. The van der Waals surface area contributed by atoms with Crippen LogP contribution in [0, 0.1) is 0 Å². The molecule has 1 aliphatic rings. The maximum absolute atomic E-state index is 12.8. The van der Waals surface area contributed by atoms with E-state index >= 15 is 0 Å². The van der Waals surface area contributed by atoms with E-state index in [1.165, 1.54) is 4.90 Å². The molecule has 0 amide bonds. The van der Waals surface area contributed by atoms with E-state index < -0.39 is 17.8 Å². The van der Waals surface area contributed by atoms with Crippen molar-refractivity contribution in [2.75, 3.05) is 24.6 Å². The van der Waals surface area contributed by atoms with E-state index in [0.29, 0.717) is 32.2 Å². The number of aromatic nitrogens is 1. The SMILES string of the molecule is CC1CN(c2nc(C(F)(F)F)ccc2C(=O)O)CCCO1. The Labute approximate surface area is 119 Å². The quantitative estimate of drug-likeness (QED) is 0.909. The number of halogens is 3. The molecule has 1 aromatic heterocycles. The second-order valence-corrected chi connectivity index (χ2v) is 4.85. The lowest BCUT2D eigenvalue weighted by molar-refractivity contribution is -0.141.